The van der Waals surface area contributed by atoms with E-state index in [-0.39, 0.29) is 0 Å². The maximum Gasteiger partial charge on any atom is 0.0938 e. The highest BCUT2D eigenvalue weighted by molar-refractivity contribution is 9.10. The van der Waals surface area contributed by atoms with E-state index in [0.717, 1.165) is 27.2 Å². The van der Waals surface area contributed by atoms with Crippen molar-refractivity contribution in [3.63, 3.8) is 0 Å². The van der Waals surface area contributed by atoms with Gasteiger partial charge in [-0.1, -0.05) is 18.5 Å². The summed E-state index contributed by atoms with van der Waals surface area (Å²) >= 11 is 11.4. The van der Waals surface area contributed by atoms with Crippen LogP contribution >= 0.6 is 38.9 Å². The van der Waals surface area contributed by atoms with Crippen molar-refractivity contribution < 1.29 is 5.11 Å². The topological polar surface area (TPSA) is 38.0 Å². The molecule has 0 aromatic carbocycles. The molecule has 19 heavy (non-hydrogen) atoms. The first-order valence-corrected chi connectivity index (χ1v) is 8.06. The smallest absolute Gasteiger partial charge is 0.0938 e. The summed E-state index contributed by atoms with van der Waals surface area (Å²) in [7, 11) is 1.86. The Morgan fingerprint density at radius 3 is 2.74 bits per heavy atom. The van der Waals surface area contributed by atoms with Gasteiger partial charge in [-0.2, -0.15) is 5.10 Å². The highest BCUT2D eigenvalue weighted by Crippen LogP contribution is 2.33. The minimum Gasteiger partial charge on any atom is -0.387 e. The van der Waals surface area contributed by atoms with Gasteiger partial charge in [-0.05, 0) is 35.3 Å². The molecule has 0 amide bonds. The van der Waals surface area contributed by atoms with Crippen LogP contribution in [0.15, 0.2) is 10.5 Å². The number of hydrogen-bond acceptors (Lipinski definition) is 3. The number of aromatic nitrogens is 2. The van der Waals surface area contributed by atoms with Gasteiger partial charge in [0.2, 0.25) is 0 Å². The summed E-state index contributed by atoms with van der Waals surface area (Å²) in [6.07, 6.45) is 0.730. The SMILES string of the molecule is CCc1nn(C)c(CC(O)c2cc(Br)c(C)s2)c1Cl. The van der Waals surface area contributed by atoms with E-state index in [2.05, 4.69) is 21.0 Å². The Balaban J connectivity index is 2.23. The highest BCUT2D eigenvalue weighted by atomic mass is 79.9. The molecule has 2 aromatic heterocycles. The Hall–Kier alpha value is -0.360. The van der Waals surface area contributed by atoms with Crippen LogP contribution in [0, 0.1) is 6.92 Å². The summed E-state index contributed by atoms with van der Waals surface area (Å²) in [6.45, 7) is 4.05. The van der Waals surface area contributed by atoms with E-state index < -0.39 is 6.10 Å². The lowest BCUT2D eigenvalue weighted by Crippen LogP contribution is -2.05. The van der Waals surface area contributed by atoms with Gasteiger partial charge in [-0.3, -0.25) is 4.68 Å². The molecule has 0 aliphatic carbocycles. The van der Waals surface area contributed by atoms with Crippen LogP contribution < -0.4 is 0 Å². The number of hydrogen-bond donors (Lipinski definition) is 1. The maximum atomic E-state index is 10.3. The van der Waals surface area contributed by atoms with Crippen molar-refractivity contribution in [1.29, 1.82) is 0 Å². The number of nitrogens with zero attached hydrogens (tertiary/aromatic N) is 2. The zero-order valence-corrected chi connectivity index (χ0v) is 14.2. The lowest BCUT2D eigenvalue weighted by Gasteiger charge is -2.09. The zero-order valence-electron chi connectivity index (χ0n) is 11.1. The molecule has 2 heterocycles. The van der Waals surface area contributed by atoms with Crippen molar-refractivity contribution in [2.24, 2.45) is 7.05 Å². The quantitative estimate of drug-likeness (QED) is 0.890. The molecule has 2 rings (SSSR count). The minimum atomic E-state index is -0.549. The summed E-state index contributed by atoms with van der Waals surface area (Å²) in [5.74, 6) is 0. The van der Waals surface area contributed by atoms with Gasteiger partial charge in [0.25, 0.3) is 0 Å². The van der Waals surface area contributed by atoms with Crippen molar-refractivity contribution in [3.8, 4) is 0 Å². The van der Waals surface area contributed by atoms with Gasteiger partial charge in [-0.25, -0.2) is 0 Å². The zero-order chi connectivity index (χ0) is 14.2. The standard InChI is InChI=1S/C13H16BrClN2OS/c1-4-9-13(15)10(17(3)16-9)6-11(18)12-5-8(14)7(2)19-12/h5,11,18H,4,6H2,1-3H3. The molecule has 0 radical (unpaired) electrons. The number of halogens is 2. The van der Waals surface area contributed by atoms with Gasteiger partial charge in [0.05, 0.1) is 22.5 Å². The first-order valence-electron chi connectivity index (χ1n) is 6.08. The molecule has 0 saturated carbocycles. The fourth-order valence-electron chi connectivity index (χ4n) is 1.97. The molecule has 1 unspecified atom stereocenters. The van der Waals surface area contributed by atoms with E-state index in [1.165, 1.54) is 4.88 Å². The van der Waals surface area contributed by atoms with E-state index in [9.17, 15) is 5.11 Å². The van der Waals surface area contributed by atoms with Gasteiger partial charge >= 0.3 is 0 Å². The van der Waals surface area contributed by atoms with Crippen molar-refractivity contribution in [2.75, 3.05) is 0 Å². The molecular weight excluding hydrogens is 348 g/mol. The molecule has 0 fully saturated rings. The molecule has 0 aliphatic heterocycles. The van der Waals surface area contributed by atoms with E-state index in [1.807, 2.05) is 27.0 Å². The van der Waals surface area contributed by atoms with Crippen LogP contribution in [-0.2, 0) is 19.9 Å². The molecule has 3 nitrogen and oxygen atoms in total. The van der Waals surface area contributed by atoms with Crippen LogP contribution in [0.5, 0.6) is 0 Å². The summed E-state index contributed by atoms with van der Waals surface area (Å²) in [6, 6.07) is 1.97. The fraction of sp³-hybridized carbons (Fsp3) is 0.462. The molecule has 6 heteroatoms. The normalized spacial score (nSPS) is 12.9. The Labute approximate surface area is 130 Å². The average Bonchev–Trinajstić information content (AvgIpc) is 2.84. The van der Waals surface area contributed by atoms with Crippen LogP contribution in [0.1, 0.15) is 34.2 Å². The number of aliphatic hydroxyl groups excluding tert-OH is 1. The number of aliphatic hydroxyl groups is 1. The maximum absolute atomic E-state index is 10.3. The molecule has 0 aliphatic rings. The van der Waals surface area contributed by atoms with Crippen LogP contribution in [0.2, 0.25) is 5.02 Å². The molecule has 2 aromatic rings. The van der Waals surface area contributed by atoms with Gasteiger partial charge in [-0.15, -0.1) is 11.3 Å². The number of rotatable bonds is 4. The van der Waals surface area contributed by atoms with Crippen LogP contribution in [0.4, 0.5) is 0 Å². The molecule has 0 bridgehead atoms. The van der Waals surface area contributed by atoms with Crippen LogP contribution in [0.3, 0.4) is 0 Å². The Kier molecular flexibility index (Phi) is 4.71. The van der Waals surface area contributed by atoms with Gasteiger partial charge in [0, 0.05) is 27.7 Å². The van der Waals surface area contributed by atoms with E-state index >= 15 is 0 Å². The lowest BCUT2D eigenvalue weighted by molar-refractivity contribution is 0.179. The monoisotopic (exact) mass is 362 g/mol. The molecule has 0 spiro atoms. The fourth-order valence-corrected chi connectivity index (χ4v) is 3.89. The minimum absolute atomic E-state index is 0.481. The average molecular weight is 364 g/mol. The van der Waals surface area contributed by atoms with Crippen LogP contribution in [0.25, 0.3) is 0 Å². The first-order chi connectivity index (χ1) is 8.93. The molecule has 1 atom stereocenters. The summed E-state index contributed by atoms with van der Waals surface area (Å²) in [5, 5.41) is 15.4. The van der Waals surface area contributed by atoms with Gasteiger partial charge in [0.15, 0.2) is 0 Å². The Morgan fingerprint density at radius 2 is 2.26 bits per heavy atom. The van der Waals surface area contributed by atoms with Crippen molar-refractivity contribution in [3.05, 3.63) is 36.7 Å². The van der Waals surface area contributed by atoms with E-state index in [1.54, 1.807) is 16.0 Å². The molecule has 104 valence electrons. The second-order valence-corrected chi connectivity index (χ2v) is 6.98. The lowest BCUT2D eigenvalue weighted by atomic mass is 10.1. The highest BCUT2D eigenvalue weighted by Gasteiger charge is 2.19. The summed E-state index contributed by atoms with van der Waals surface area (Å²) in [5.41, 5.74) is 1.77. The Bertz CT molecular complexity index is 574. The van der Waals surface area contributed by atoms with Crippen molar-refractivity contribution >= 4 is 38.9 Å². The molecule has 1 N–H and O–H groups in total. The third-order valence-corrected chi connectivity index (χ3v) is 5.77. The summed E-state index contributed by atoms with van der Waals surface area (Å²) < 4.78 is 2.80. The van der Waals surface area contributed by atoms with Gasteiger partial charge in [0.1, 0.15) is 0 Å². The first kappa shape index (κ1) is 15.0. The van der Waals surface area contributed by atoms with Crippen LogP contribution in [-0.4, -0.2) is 14.9 Å². The number of thiophene rings is 1. The summed E-state index contributed by atoms with van der Waals surface area (Å²) in [4.78, 5) is 2.11. The van der Waals surface area contributed by atoms with E-state index in [0.29, 0.717) is 11.4 Å². The molecular formula is C13H16BrClN2OS. The van der Waals surface area contributed by atoms with Gasteiger partial charge < -0.3 is 5.11 Å². The predicted octanol–water partition coefficient (Wildman–Crippen LogP) is 4.04. The largest absolute Gasteiger partial charge is 0.387 e. The third kappa shape index (κ3) is 3.05. The second kappa shape index (κ2) is 5.95. The second-order valence-electron chi connectivity index (χ2n) is 4.46. The Morgan fingerprint density at radius 1 is 1.58 bits per heavy atom. The van der Waals surface area contributed by atoms with Crippen molar-refractivity contribution in [2.45, 2.75) is 32.8 Å². The van der Waals surface area contributed by atoms with E-state index in [4.69, 9.17) is 11.6 Å². The van der Waals surface area contributed by atoms with Crippen molar-refractivity contribution in [1.82, 2.24) is 9.78 Å². The number of aryl methyl sites for hydroxylation is 3. The third-order valence-electron chi connectivity index (χ3n) is 3.09. The predicted molar refractivity (Wildman–Crippen MR) is 83.0 cm³/mol. The molecule has 0 saturated heterocycles.